The van der Waals surface area contributed by atoms with Crippen LogP contribution in [-0.2, 0) is 0 Å². The second kappa shape index (κ2) is 8.17. The zero-order chi connectivity index (χ0) is 12.6. The van der Waals surface area contributed by atoms with E-state index in [-0.39, 0.29) is 6.04 Å². The molecular weight excluding hydrogens is 196 g/mol. The van der Waals surface area contributed by atoms with E-state index in [1.807, 2.05) is 13.0 Å². The summed E-state index contributed by atoms with van der Waals surface area (Å²) in [5.41, 5.74) is 14.7. The quantitative estimate of drug-likeness (QED) is 0.376. The topological polar surface area (TPSA) is 52.0 Å². The SMILES string of the molecule is C=C(CCCCC(N)C(=C)C)C(N)=CCC. The third-order valence-corrected chi connectivity index (χ3v) is 2.71. The molecule has 0 aliphatic heterocycles. The first kappa shape index (κ1) is 15.0. The molecule has 0 fully saturated rings. The Balaban J connectivity index is 3.71. The molecule has 2 nitrogen and oxygen atoms in total. The molecule has 0 bridgehead atoms. The Kier molecular flexibility index (Phi) is 7.65. The lowest BCUT2D eigenvalue weighted by Gasteiger charge is -2.11. The molecule has 1 unspecified atom stereocenters. The van der Waals surface area contributed by atoms with E-state index in [0.29, 0.717) is 0 Å². The standard InChI is InChI=1S/C14H26N2/c1-5-8-14(16)12(4)9-6-7-10-13(15)11(2)3/h8,13H,2,4-7,9-10,15-16H2,1,3H3. The Morgan fingerprint density at radius 1 is 1.31 bits per heavy atom. The zero-order valence-electron chi connectivity index (χ0n) is 10.8. The summed E-state index contributed by atoms with van der Waals surface area (Å²) >= 11 is 0. The summed E-state index contributed by atoms with van der Waals surface area (Å²) in [6, 6.07) is 0.136. The van der Waals surface area contributed by atoms with Gasteiger partial charge in [0, 0.05) is 11.7 Å². The first-order valence-electron chi connectivity index (χ1n) is 6.03. The normalized spacial score (nSPS) is 13.6. The lowest BCUT2D eigenvalue weighted by atomic mass is 10.0. The van der Waals surface area contributed by atoms with Crippen molar-refractivity contribution in [3.05, 3.63) is 36.1 Å². The second-order valence-electron chi connectivity index (χ2n) is 4.37. The molecule has 1 atom stereocenters. The van der Waals surface area contributed by atoms with Gasteiger partial charge in [-0.25, -0.2) is 0 Å². The molecule has 0 aromatic heterocycles. The van der Waals surface area contributed by atoms with Gasteiger partial charge >= 0.3 is 0 Å². The number of hydrogen-bond acceptors (Lipinski definition) is 2. The van der Waals surface area contributed by atoms with Gasteiger partial charge in [-0.2, -0.15) is 0 Å². The van der Waals surface area contributed by atoms with Crippen molar-refractivity contribution in [3.63, 3.8) is 0 Å². The molecule has 0 rings (SSSR count). The number of hydrogen-bond donors (Lipinski definition) is 2. The van der Waals surface area contributed by atoms with Gasteiger partial charge in [0.25, 0.3) is 0 Å². The Morgan fingerprint density at radius 3 is 2.44 bits per heavy atom. The average Bonchev–Trinajstić information content (AvgIpc) is 2.23. The van der Waals surface area contributed by atoms with Crippen LogP contribution >= 0.6 is 0 Å². The molecule has 16 heavy (non-hydrogen) atoms. The van der Waals surface area contributed by atoms with E-state index in [0.717, 1.165) is 48.9 Å². The lowest BCUT2D eigenvalue weighted by molar-refractivity contribution is 0.613. The van der Waals surface area contributed by atoms with Crippen LogP contribution in [0.4, 0.5) is 0 Å². The van der Waals surface area contributed by atoms with Gasteiger partial charge in [0.1, 0.15) is 0 Å². The van der Waals surface area contributed by atoms with Crippen LogP contribution in [0, 0.1) is 0 Å². The largest absolute Gasteiger partial charge is 0.399 e. The van der Waals surface area contributed by atoms with E-state index in [9.17, 15) is 0 Å². The van der Waals surface area contributed by atoms with Gasteiger partial charge in [-0.15, -0.1) is 0 Å². The van der Waals surface area contributed by atoms with Crippen LogP contribution < -0.4 is 11.5 Å². The summed E-state index contributed by atoms with van der Waals surface area (Å²) in [5, 5.41) is 0. The molecule has 0 saturated heterocycles. The maximum atomic E-state index is 5.88. The summed E-state index contributed by atoms with van der Waals surface area (Å²) < 4.78 is 0. The van der Waals surface area contributed by atoms with Crippen LogP contribution in [-0.4, -0.2) is 6.04 Å². The Morgan fingerprint density at radius 2 is 1.94 bits per heavy atom. The molecule has 0 radical (unpaired) electrons. The number of rotatable bonds is 8. The highest BCUT2D eigenvalue weighted by Crippen LogP contribution is 2.14. The van der Waals surface area contributed by atoms with E-state index >= 15 is 0 Å². The van der Waals surface area contributed by atoms with Crippen molar-refractivity contribution >= 4 is 0 Å². The maximum Gasteiger partial charge on any atom is 0.0299 e. The smallest absolute Gasteiger partial charge is 0.0299 e. The summed E-state index contributed by atoms with van der Waals surface area (Å²) in [6.45, 7) is 11.9. The van der Waals surface area contributed by atoms with Crippen LogP contribution in [0.15, 0.2) is 36.1 Å². The van der Waals surface area contributed by atoms with Crippen molar-refractivity contribution in [1.82, 2.24) is 0 Å². The minimum Gasteiger partial charge on any atom is -0.399 e. The van der Waals surface area contributed by atoms with Gasteiger partial charge in [0.05, 0.1) is 0 Å². The van der Waals surface area contributed by atoms with Crippen molar-refractivity contribution in [1.29, 1.82) is 0 Å². The highest BCUT2D eigenvalue weighted by Gasteiger charge is 2.03. The molecule has 0 aromatic carbocycles. The molecule has 2 heteroatoms. The predicted octanol–water partition coefficient (Wildman–Crippen LogP) is 3.26. The minimum atomic E-state index is 0.136. The number of nitrogens with two attached hydrogens (primary N) is 2. The Labute approximate surface area is 100 Å². The molecule has 0 amide bonds. The monoisotopic (exact) mass is 222 g/mol. The first-order chi connectivity index (χ1) is 7.49. The third kappa shape index (κ3) is 6.46. The molecule has 0 aromatic rings. The van der Waals surface area contributed by atoms with Gasteiger partial charge < -0.3 is 11.5 Å². The van der Waals surface area contributed by atoms with Gasteiger partial charge in [0.2, 0.25) is 0 Å². The number of allylic oxidation sites excluding steroid dienone is 2. The van der Waals surface area contributed by atoms with Crippen LogP contribution in [0.1, 0.15) is 46.0 Å². The Bertz CT molecular complexity index is 264. The highest BCUT2D eigenvalue weighted by molar-refractivity contribution is 5.24. The van der Waals surface area contributed by atoms with Crippen LogP contribution in [0.25, 0.3) is 0 Å². The fourth-order valence-corrected chi connectivity index (χ4v) is 1.46. The fourth-order valence-electron chi connectivity index (χ4n) is 1.46. The summed E-state index contributed by atoms with van der Waals surface area (Å²) in [6.07, 6.45) is 7.14. The van der Waals surface area contributed by atoms with Crippen LogP contribution in [0.2, 0.25) is 0 Å². The van der Waals surface area contributed by atoms with Crippen LogP contribution in [0.3, 0.4) is 0 Å². The van der Waals surface area contributed by atoms with Crippen molar-refractivity contribution in [2.75, 3.05) is 0 Å². The molecule has 0 saturated carbocycles. The third-order valence-electron chi connectivity index (χ3n) is 2.71. The van der Waals surface area contributed by atoms with Gasteiger partial charge in [-0.05, 0) is 38.2 Å². The maximum absolute atomic E-state index is 5.88. The van der Waals surface area contributed by atoms with E-state index in [2.05, 4.69) is 20.1 Å². The van der Waals surface area contributed by atoms with Gasteiger partial charge in [-0.1, -0.05) is 38.2 Å². The molecule has 0 heterocycles. The minimum absolute atomic E-state index is 0.136. The summed E-state index contributed by atoms with van der Waals surface area (Å²) in [5.74, 6) is 0. The van der Waals surface area contributed by atoms with Crippen LogP contribution in [0.5, 0.6) is 0 Å². The lowest BCUT2D eigenvalue weighted by Crippen LogP contribution is -2.20. The average molecular weight is 222 g/mol. The fraction of sp³-hybridized carbons (Fsp3) is 0.571. The molecule has 0 aliphatic rings. The molecule has 92 valence electrons. The summed E-state index contributed by atoms with van der Waals surface area (Å²) in [7, 11) is 0. The first-order valence-corrected chi connectivity index (χ1v) is 6.03. The van der Waals surface area contributed by atoms with E-state index in [1.54, 1.807) is 0 Å². The molecule has 0 spiro atoms. The number of unbranched alkanes of at least 4 members (excludes halogenated alkanes) is 1. The summed E-state index contributed by atoms with van der Waals surface area (Å²) in [4.78, 5) is 0. The van der Waals surface area contributed by atoms with Crippen molar-refractivity contribution in [2.24, 2.45) is 11.5 Å². The van der Waals surface area contributed by atoms with Crippen molar-refractivity contribution < 1.29 is 0 Å². The second-order valence-corrected chi connectivity index (χ2v) is 4.37. The molecular formula is C14H26N2. The Hall–Kier alpha value is -1.02. The van der Waals surface area contributed by atoms with E-state index < -0.39 is 0 Å². The predicted molar refractivity (Wildman–Crippen MR) is 73.0 cm³/mol. The highest BCUT2D eigenvalue weighted by atomic mass is 14.6. The molecule has 0 aliphatic carbocycles. The van der Waals surface area contributed by atoms with Gasteiger partial charge in [-0.3, -0.25) is 0 Å². The van der Waals surface area contributed by atoms with Crippen molar-refractivity contribution in [3.8, 4) is 0 Å². The molecule has 4 N–H and O–H groups in total. The van der Waals surface area contributed by atoms with E-state index in [1.165, 1.54) is 0 Å². The van der Waals surface area contributed by atoms with E-state index in [4.69, 9.17) is 11.5 Å². The zero-order valence-corrected chi connectivity index (χ0v) is 10.8. The van der Waals surface area contributed by atoms with Crippen molar-refractivity contribution in [2.45, 2.75) is 52.0 Å². The van der Waals surface area contributed by atoms with Gasteiger partial charge in [0.15, 0.2) is 0 Å².